The third-order valence-electron chi connectivity index (χ3n) is 2.97. The van der Waals surface area contributed by atoms with Crippen LogP contribution in [0.25, 0.3) is 0 Å². The molecule has 1 aromatic heterocycles. The molecule has 0 atom stereocenters. The molecule has 0 saturated heterocycles. The highest BCUT2D eigenvalue weighted by Gasteiger charge is 2.33. The SMILES string of the molecule is CC(C)CNCCCCCCn1ccc(C(F)(F)F)n1. The molecule has 116 valence electrons. The molecule has 0 bridgehead atoms. The van der Waals surface area contributed by atoms with Crippen molar-refractivity contribution in [2.45, 2.75) is 52.3 Å². The smallest absolute Gasteiger partial charge is 0.316 e. The number of aromatic nitrogens is 2. The zero-order valence-corrected chi connectivity index (χ0v) is 12.2. The maximum absolute atomic E-state index is 12.3. The highest BCUT2D eigenvalue weighted by molar-refractivity contribution is 5.03. The molecule has 20 heavy (non-hydrogen) atoms. The van der Waals surface area contributed by atoms with Gasteiger partial charge in [0.15, 0.2) is 5.69 Å². The van der Waals surface area contributed by atoms with E-state index in [2.05, 4.69) is 24.3 Å². The Hall–Kier alpha value is -1.04. The molecule has 1 rings (SSSR count). The third kappa shape index (κ3) is 6.93. The first-order valence-corrected chi connectivity index (χ1v) is 7.21. The molecular weight excluding hydrogens is 267 g/mol. The van der Waals surface area contributed by atoms with Gasteiger partial charge >= 0.3 is 6.18 Å². The van der Waals surface area contributed by atoms with Crippen molar-refractivity contribution in [1.29, 1.82) is 0 Å². The molecule has 0 aliphatic rings. The minimum atomic E-state index is -4.34. The summed E-state index contributed by atoms with van der Waals surface area (Å²) in [6.07, 6.45) is 1.15. The Morgan fingerprint density at radius 1 is 1.20 bits per heavy atom. The van der Waals surface area contributed by atoms with E-state index in [9.17, 15) is 13.2 Å². The van der Waals surface area contributed by atoms with Crippen LogP contribution in [0.3, 0.4) is 0 Å². The van der Waals surface area contributed by atoms with Crippen molar-refractivity contribution < 1.29 is 13.2 Å². The molecule has 0 aliphatic heterocycles. The van der Waals surface area contributed by atoms with Crippen molar-refractivity contribution in [2.75, 3.05) is 13.1 Å². The molecule has 0 aromatic carbocycles. The Morgan fingerprint density at radius 3 is 2.50 bits per heavy atom. The fourth-order valence-electron chi connectivity index (χ4n) is 1.91. The van der Waals surface area contributed by atoms with Crippen LogP contribution >= 0.6 is 0 Å². The molecular formula is C14H24F3N3. The van der Waals surface area contributed by atoms with Gasteiger partial charge in [0.05, 0.1) is 0 Å². The lowest BCUT2D eigenvalue weighted by Crippen LogP contribution is -2.20. The van der Waals surface area contributed by atoms with E-state index in [1.165, 1.54) is 10.9 Å². The Kier molecular flexibility index (Phi) is 7.05. The van der Waals surface area contributed by atoms with Gasteiger partial charge in [0, 0.05) is 12.7 Å². The van der Waals surface area contributed by atoms with Crippen molar-refractivity contribution >= 4 is 0 Å². The number of nitrogens with one attached hydrogen (secondary N) is 1. The van der Waals surface area contributed by atoms with Gasteiger partial charge in [-0.1, -0.05) is 26.7 Å². The van der Waals surface area contributed by atoms with E-state index in [1.807, 2.05) is 0 Å². The second-order valence-corrected chi connectivity index (χ2v) is 5.47. The summed E-state index contributed by atoms with van der Waals surface area (Å²) < 4.78 is 38.4. The molecule has 1 N–H and O–H groups in total. The molecule has 0 saturated carbocycles. The van der Waals surface area contributed by atoms with E-state index in [1.54, 1.807) is 0 Å². The zero-order chi connectivity index (χ0) is 15.0. The Labute approximate surface area is 118 Å². The van der Waals surface area contributed by atoms with E-state index in [4.69, 9.17) is 0 Å². The number of hydrogen-bond donors (Lipinski definition) is 1. The van der Waals surface area contributed by atoms with Crippen LogP contribution in [0, 0.1) is 5.92 Å². The molecule has 1 heterocycles. The van der Waals surface area contributed by atoms with Gasteiger partial charge < -0.3 is 5.32 Å². The molecule has 0 spiro atoms. The fraction of sp³-hybridized carbons (Fsp3) is 0.786. The summed E-state index contributed by atoms with van der Waals surface area (Å²) in [5.41, 5.74) is -0.810. The molecule has 3 nitrogen and oxygen atoms in total. The summed E-state index contributed by atoms with van der Waals surface area (Å²) in [7, 11) is 0. The number of alkyl halides is 3. The van der Waals surface area contributed by atoms with Crippen molar-refractivity contribution in [3.63, 3.8) is 0 Å². The van der Waals surface area contributed by atoms with Gasteiger partial charge in [-0.25, -0.2) is 0 Å². The first-order chi connectivity index (χ1) is 9.39. The second-order valence-electron chi connectivity index (χ2n) is 5.47. The fourth-order valence-corrected chi connectivity index (χ4v) is 1.91. The molecule has 6 heteroatoms. The van der Waals surface area contributed by atoms with E-state index in [0.717, 1.165) is 44.8 Å². The average molecular weight is 291 g/mol. The van der Waals surface area contributed by atoms with E-state index >= 15 is 0 Å². The number of hydrogen-bond acceptors (Lipinski definition) is 2. The summed E-state index contributed by atoms with van der Waals surface area (Å²) in [4.78, 5) is 0. The molecule has 0 unspecified atom stereocenters. The lowest BCUT2D eigenvalue weighted by Gasteiger charge is -2.07. The van der Waals surface area contributed by atoms with Gasteiger partial charge in [0.2, 0.25) is 0 Å². The van der Waals surface area contributed by atoms with Gasteiger partial charge in [-0.15, -0.1) is 0 Å². The van der Waals surface area contributed by atoms with Crippen LogP contribution < -0.4 is 5.32 Å². The van der Waals surface area contributed by atoms with E-state index in [-0.39, 0.29) is 0 Å². The van der Waals surface area contributed by atoms with Crippen LogP contribution in [0.15, 0.2) is 12.3 Å². The topological polar surface area (TPSA) is 29.9 Å². The van der Waals surface area contributed by atoms with E-state index < -0.39 is 11.9 Å². The quantitative estimate of drug-likeness (QED) is 0.703. The zero-order valence-electron chi connectivity index (χ0n) is 12.2. The lowest BCUT2D eigenvalue weighted by molar-refractivity contribution is -0.141. The monoisotopic (exact) mass is 291 g/mol. The summed E-state index contributed by atoms with van der Waals surface area (Å²) in [5, 5.41) is 6.90. The van der Waals surface area contributed by atoms with Crippen LogP contribution in [0.2, 0.25) is 0 Å². The number of unbranched alkanes of at least 4 members (excludes halogenated alkanes) is 3. The van der Waals surface area contributed by atoms with Crippen molar-refractivity contribution in [3.05, 3.63) is 18.0 Å². The predicted molar refractivity (Wildman–Crippen MR) is 73.4 cm³/mol. The summed E-state index contributed by atoms with van der Waals surface area (Å²) in [6.45, 7) is 6.94. The first-order valence-electron chi connectivity index (χ1n) is 7.21. The largest absolute Gasteiger partial charge is 0.435 e. The van der Waals surface area contributed by atoms with Crippen LogP contribution in [0.4, 0.5) is 13.2 Å². The summed E-state index contributed by atoms with van der Waals surface area (Å²) in [6, 6.07) is 1.02. The Balaban J connectivity index is 2.06. The Morgan fingerprint density at radius 2 is 1.90 bits per heavy atom. The average Bonchev–Trinajstić information content (AvgIpc) is 2.80. The number of rotatable bonds is 9. The van der Waals surface area contributed by atoms with Crippen LogP contribution in [-0.2, 0) is 12.7 Å². The number of nitrogens with zero attached hydrogens (tertiary/aromatic N) is 2. The minimum Gasteiger partial charge on any atom is -0.316 e. The van der Waals surface area contributed by atoms with E-state index in [0.29, 0.717) is 12.5 Å². The van der Waals surface area contributed by atoms with Gasteiger partial charge in [0.1, 0.15) is 0 Å². The molecule has 0 radical (unpaired) electrons. The Bertz CT molecular complexity index is 372. The van der Waals surface area contributed by atoms with Crippen molar-refractivity contribution in [1.82, 2.24) is 15.1 Å². The highest BCUT2D eigenvalue weighted by atomic mass is 19.4. The van der Waals surface area contributed by atoms with Gasteiger partial charge in [0.25, 0.3) is 0 Å². The molecule has 1 aromatic rings. The maximum atomic E-state index is 12.3. The minimum absolute atomic E-state index is 0.551. The standard InChI is InChI=1S/C14H24F3N3/c1-12(2)11-18-8-5-3-4-6-9-20-10-7-13(19-20)14(15,16)17/h7,10,12,18H,3-6,8-9,11H2,1-2H3. The first kappa shape index (κ1) is 17.0. The summed E-state index contributed by atoms with van der Waals surface area (Å²) >= 11 is 0. The second kappa shape index (κ2) is 8.29. The van der Waals surface area contributed by atoms with Crippen LogP contribution in [-0.4, -0.2) is 22.9 Å². The van der Waals surface area contributed by atoms with Crippen LogP contribution in [0.1, 0.15) is 45.2 Å². The summed E-state index contributed by atoms with van der Waals surface area (Å²) in [5.74, 6) is 0.664. The van der Waals surface area contributed by atoms with Crippen LogP contribution in [0.5, 0.6) is 0 Å². The molecule has 0 aliphatic carbocycles. The van der Waals surface area contributed by atoms with Gasteiger partial charge in [-0.2, -0.15) is 18.3 Å². The molecule has 0 amide bonds. The highest BCUT2D eigenvalue weighted by Crippen LogP contribution is 2.27. The predicted octanol–water partition coefficient (Wildman–Crippen LogP) is 3.71. The van der Waals surface area contributed by atoms with Gasteiger partial charge in [-0.3, -0.25) is 4.68 Å². The third-order valence-corrected chi connectivity index (χ3v) is 2.97. The number of aryl methyl sites for hydroxylation is 1. The number of halogens is 3. The lowest BCUT2D eigenvalue weighted by atomic mass is 10.2. The van der Waals surface area contributed by atoms with Crippen molar-refractivity contribution in [3.8, 4) is 0 Å². The maximum Gasteiger partial charge on any atom is 0.435 e. The van der Waals surface area contributed by atoms with Crippen molar-refractivity contribution in [2.24, 2.45) is 5.92 Å². The normalized spacial score (nSPS) is 12.3. The molecule has 0 fully saturated rings. The van der Waals surface area contributed by atoms with Gasteiger partial charge in [-0.05, 0) is 37.9 Å².